The van der Waals surface area contributed by atoms with E-state index in [2.05, 4.69) is 5.32 Å². The first-order chi connectivity index (χ1) is 14.2. The Balaban J connectivity index is 2.22. The van der Waals surface area contributed by atoms with Crippen LogP contribution in [0.3, 0.4) is 0 Å². The fraction of sp³-hybridized carbons (Fsp3) is 0.636. The Kier molecular flexibility index (Phi) is 7.61. The molecule has 2 rings (SSSR count). The van der Waals surface area contributed by atoms with Crippen LogP contribution in [0.15, 0.2) is 12.1 Å². The molecule has 1 aromatic rings. The van der Waals surface area contributed by atoms with Crippen LogP contribution in [-0.4, -0.2) is 58.5 Å². The number of aliphatic hydroxyl groups is 2. The number of benzene rings is 1. The van der Waals surface area contributed by atoms with Crippen LogP contribution in [0, 0.1) is 24.6 Å². The molecule has 1 unspecified atom stereocenters. The van der Waals surface area contributed by atoms with Crippen molar-refractivity contribution in [1.82, 2.24) is 10.2 Å². The van der Waals surface area contributed by atoms with Gasteiger partial charge in [0, 0.05) is 35.5 Å². The molecule has 1 aliphatic heterocycles. The predicted molar refractivity (Wildman–Crippen MR) is 115 cm³/mol. The number of alkyl carbamates (subject to hydrolysis) is 1. The van der Waals surface area contributed by atoms with Crippen molar-refractivity contribution in [3.63, 3.8) is 0 Å². The van der Waals surface area contributed by atoms with E-state index in [1.807, 2.05) is 0 Å². The summed E-state index contributed by atoms with van der Waals surface area (Å²) in [6, 6.07) is 1.58. The minimum atomic E-state index is -1.51. The van der Waals surface area contributed by atoms with E-state index in [4.69, 9.17) is 16.3 Å². The van der Waals surface area contributed by atoms with Crippen LogP contribution in [0.25, 0.3) is 0 Å². The zero-order chi connectivity index (χ0) is 23.7. The van der Waals surface area contributed by atoms with E-state index in [9.17, 15) is 24.2 Å². The van der Waals surface area contributed by atoms with Crippen molar-refractivity contribution in [2.75, 3.05) is 19.7 Å². The summed E-state index contributed by atoms with van der Waals surface area (Å²) in [7, 11) is 0. The van der Waals surface area contributed by atoms with E-state index < -0.39 is 53.5 Å². The standard InChI is InChI=1S/C22H32ClFN2O5/c1-12-7-15(23)8-16(24)18(12)22(30)13(2)9-26(10-14(22)3)19(28)17(11-27)25-20(29)31-21(4,5)6/h7-8,13-14,17,27,30H,9-11H2,1-6H3,(H,25,29)/t13-,14+,17-,22?/m0/s1. The molecule has 1 aliphatic rings. The molecular weight excluding hydrogens is 427 g/mol. The third-order valence-corrected chi connectivity index (χ3v) is 5.85. The van der Waals surface area contributed by atoms with Gasteiger partial charge in [0.25, 0.3) is 0 Å². The SMILES string of the molecule is Cc1cc(Cl)cc(F)c1C1(O)[C@H](C)CN(C(=O)[C@H](CO)NC(=O)OC(C)(C)C)C[C@@H]1C. The lowest BCUT2D eigenvalue weighted by Gasteiger charge is -2.49. The molecule has 1 aromatic carbocycles. The monoisotopic (exact) mass is 458 g/mol. The number of aliphatic hydroxyl groups excluding tert-OH is 1. The molecule has 1 heterocycles. The smallest absolute Gasteiger partial charge is 0.408 e. The minimum Gasteiger partial charge on any atom is -0.444 e. The summed E-state index contributed by atoms with van der Waals surface area (Å²) in [6.45, 7) is 9.86. The highest BCUT2D eigenvalue weighted by molar-refractivity contribution is 6.30. The average Bonchev–Trinajstić information content (AvgIpc) is 2.61. The summed E-state index contributed by atoms with van der Waals surface area (Å²) in [4.78, 5) is 26.5. The first-order valence-corrected chi connectivity index (χ1v) is 10.7. The molecule has 1 fully saturated rings. The Morgan fingerprint density at radius 1 is 1.32 bits per heavy atom. The van der Waals surface area contributed by atoms with Gasteiger partial charge >= 0.3 is 6.09 Å². The van der Waals surface area contributed by atoms with Crippen molar-refractivity contribution in [3.8, 4) is 0 Å². The van der Waals surface area contributed by atoms with Gasteiger partial charge in [-0.05, 0) is 45.4 Å². The molecule has 0 radical (unpaired) electrons. The summed E-state index contributed by atoms with van der Waals surface area (Å²) in [5.74, 6) is -2.13. The predicted octanol–water partition coefficient (Wildman–Crippen LogP) is 2.98. The van der Waals surface area contributed by atoms with E-state index in [1.165, 1.54) is 11.0 Å². The van der Waals surface area contributed by atoms with Crippen LogP contribution in [-0.2, 0) is 15.1 Å². The molecule has 0 aliphatic carbocycles. The highest BCUT2D eigenvalue weighted by Crippen LogP contribution is 2.44. The third kappa shape index (κ3) is 5.48. The quantitative estimate of drug-likeness (QED) is 0.644. The zero-order valence-electron chi connectivity index (χ0n) is 18.8. The molecule has 0 saturated carbocycles. The van der Waals surface area contributed by atoms with Gasteiger partial charge in [-0.25, -0.2) is 9.18 Å². The molecule has 0 spiro atoms. The molecule has 0 aromatic heterocycles. The molecule has 7 nitrogen and oxygen atoms in total. The topological polar surface area (TPSA) is 99.1 Å². The van der Waals surface area contributed by atoms with E-state index in [1.54, 1.807) is 47.6 Å². The zero-order valence-corrected chi connectivity index (χ0v) is 19.6. The number of hydrogen-bond acceptors (Lipinski definition) is 5. The van der Waals surface area contributed by atoms with Crippen LogP contribution in [0.1, 0.15) is 45.7 Å². The summed E-state index contributed by atoms with van der Waals surface area (Å²) in [5, 5.41) is 23.8. The van der Waals surface area contributed by atoms with Gasteiger partial charge in [0.15, 0.2) is 0 Å². The van der Waals surface area contributed by atoms with Gasteiger partial charge in [-0.3, -0.25) is 4.79 Å². The Morgan fingerprint density at radius 3 is 2.32 bits per heavy atom. The van der Waals surface area contributed by atoms with Crippen molar-refractivity contribution < 1.29 is 28.9 Å². The lowest BCUT2D eigenvalue weighted by Crippen LogP contribution is -2.60. The second kappa shape index (κ2) is 9.30. The Bertz CT molecular complexity index is 807. The van der Waals surface area contributed by atoms with Crippen molar-refractivity contribution in [2.24, 2.45) is 11.8 Å². The maximum absolute atomic E-state index is 14.8. The fourth-order valence-corrected chi connectivity index (χ4v) is 4.50. The molecule has 1 saturated heterocycles. The number of carbonyl (C=O) groups excluding carboxylic acids is 2. The summed E-state index contributed by atoms with van der Waals surface area (Å²) in [5.41, 5.74) is -1.55. The molecule has 3 N–H and O–H groups in total. The minimum absolute atomic E-state index is 0.119. The lowest BCUT2D eigenvalue weighted by molar-refractivity contribution is -0.152. The maximum Gasteiger partial charge on any atom is 0.408 e. The number of aryl methyl sites for hydroxylation is 1. The van der Waals surface area contributed by atoms with Crippen molar-refractivity contribution >= 4 is 23.6 Å². The number of nitrogens with one attached hydrogen (secondary N) is 1. The number of rotatable bonds is 4. The average molecular weight is 459 g/mol. The molecule has 31 heavy (non-hydrogen) atoms. The Labute approximate surface area is 187 Å². The second-order valence-electron chi connectivity index (χ2n) is 9.33. The number of carbonyl (C=O) groups is 2. The van der Waals surface area contributed by atoms with Crippen LogP contribution >= 0.6 is 11.6 Å². The van der Waals surface area contributed by atoms with Gasteiger partial charge in [-0.1, -0.05) is 25.4 Å². The van der Waals surface area contributed by atoms with E-state index in [0.717, 1.165) is 0 Å². The number of nitrogens with zero attached hydrogens (tertiary/aromatic N) is 1. The van der Waals surface area contributed by atoms with Crippen LogP contribution in [0.2, 0.25) is 5.02 Å². The van der Waals surface area contributed by atoms with Crippen molar-refractivity contribution in [2.45, 2.75) is 58.8 Å². The third-order valence-electron chi connectivity index (χ3n) is 5.63. The van der Waals surface area contributed by atoms with Gasteiger partial charge in [-0.2, -0.15) is 0 Å². The fourth-order valence-electron chi connectivity index (χ4n) is 4.24. The number of likely N-dealkylation sites (tertiary alicyclic amines) is 1. The number of hydrogen-bond donors (Lipinski definition) is 3. The first-order valence-electron chi connectivity index (χ1n) is 10.3. The number of amides is 2. The normalized spacial score (nSPS) is 25.2. The summed E-state index contributed by atoms with van der Waals surface area (Å²) in [6.07, 6.45) is -0.812. The Hall–Kier alpha value is -1.90. The van der Waals surface area contributed by atoms with Crippen LogP contribution in [0.5, 0.6) is 0 Å². The molecule has 0 bridgehead atoms. The highest BCUT2D eigenvalue weighted by Gasteiger charge is 2.49. The van der Waals surface area contributed by atoms with Gasteiger partial charge < -0.3 is 25.2 Å². The second-order valence-corrected chi connectivity index (χ2v) is 9.77. The maximum atomic E-state index is 14.8. The number of halogens is 2. The number of ether oxygens (including phenoxy) is 1. The van der Waals surface area contributed by atoms with E-state index in [-0.39, 0.29) is 23.7 Å². The van der Waals surface area contributed by atoms with E-state index in [0.29, 0.717) is 5.56 Å². The first kappa shape index (κ1) is 25.4. The van der Waals surface area contributed by atoms with Gasteiger partial charge in [-0.15, -0.1) is 0 Å². The van der Waals surface area contributed by atoms with Gasteiger partial charge in [0.2, 0.25) is 5.91 Å². The largest absolute Gasteiger partial charge is 0.444 e. The van der Waals surface area contributed by atoms with Gasteiger partial charge in [0.1, 0.15) is 23.1 Å². The van der Waals surface area contributed by atoms with Crippen molar-refractivity contribution in [1.29, 1.82) is 0 Å². The van der Waals surface area contributed by atoms with E-state index >= 15 is 0 Å². The van der Waals surface area contributed by atoms with Crippen LogP contribution < -0.4 is 5.32 Å². The summed E-state index contributed by atoms with van der Waals surface area (Å²) >= 11 is 5.93. The number of piperidine rings is 1. The molecule has 2 amide bonds. The lowest BCUT2D eigenvalue weighted by atomic mass is 9.69. The Morgan fingerprint density at radius 2 is 1.87 bits per heavy atom. The molecular formula is C22H32ClFN2O5. The van der Waals surface area contributed by atoms with Crippen LogP contribution in [0.4, 0.5) is 9.18 Å². The molecule has 9 heteroatoms. The molecule has 4 atom stereocenters. The highest BCUT2D eigenvalue weighted by atomic mass is 35.5. The van der Waals surface area contributed by atoms with Crippen molar-refractivity contribution in [3.05, 3.63) is 34.1 Å². The molecule has 174 valence electrons. The van der Waals surface area contributed by atoms with Gasteiger partial charge in [0.05, 0.1) is 6.61 Å². The summed E-state index contributed by atoms with van der Waals surface area (Å²) < 4.78 is 19.9.